The number of nitrogens with one attached hydrogen (secondary N) is 1. The van der Waals surface area contributed by atoms with Gasteiger partial charge in [-0.15, -0.1) is 0 Å². The number of ketones is 1. The minimum Gasteiger partial charge on any atom is -0.465 e. The largest absolute Gasteiger partial charge is 0.465 e. The molecule has 0 aromatic carbocycles. The Morgan fingerprint density at radius 2 is 2.04 bits per heavy atom. The first kappa shape index (κ1) is 17.0. The summed E-state index contributed by atoms with van der Waals surface area (Å²) in [5.41, 5.74) is 2.88. The van der Waals surface area contributed by atoms with Crippen LogP contribution in [-0.4, -0.2) is 47.5 Å². The molecule has 0 aliphatic carbocycles. The number of Topliss-reactive ketones (excluding diaryl/α,β-unsaturated/α-hetero) is 1. The maximum absolute atomic E-state index is 12.5. The molecule has 2 aromatic heterocycles. The number of methoxy groups -OCH3 is 1. The number of carbonyl (C=O) groups is 2. The Morgan fingerprint density at radius 3 is 2.61 bits per heavy atom. The van der Waals surface area contributed by atoms with Crippen molar-refractivity contribution in [2.75, 3.05) is 20.7 Å². The Labute approximate surface area is 134 Å². The third-order valence-electron chi connectivity index (χ3n) is 3.63. The molecule has 0 aliphatic rings. The van der Waals surface area contributed by atoms with Crippen molar-refractivity contribution in [3.05, 3.63) is 40.0 Å². The lowest BCUT2D eigenvalue weighted by atomic mass is 10.1. The molecule has 124 valence electrons. The van der Waals surface area contributed by atoms with Crippen LogP contribution in [0.1, 0.15) is 43.6 Å². The van der Waals surface area contributed by atoms with Gasteiger partial charge >= 0.3 is 5.97 Å². The number of hydrogen-bond donors (Lipinski definition) is 1. The van der Waals surface area contributed by atoms with E-state index >= 15 is 0 Å². The SMILES string of the molecule is COC(=O)c1c(C)[nH]c(C(=O)CN(C)Cc2cc(C)on2)c1C. The van der Waals surface area contributed by atoms with E-state index < -0.39 is 5.97 Å². The molecule has 23 heavy (non-hydrogen) atoms. The average molecular weight is 319 g/mol. The molecule has 2 rings (SSSR count). The highest BCUT2D eigenvalue weighted by atomic mass is 16.5. The summed E-state index contributed by atoms with van der Waals surface area (Å²) in [5.74, 6) is 0.198. The van der Waals surface area contributed by atoms with Crippen molar-refractivity contribution in [3.63, 3.8) is 0 Å². The molecule has 1 N–H and O–H groups in total. The third kappa shape index (κ3) is 3.68. The van der Waals surface area contributed by atoms with E-state index in [-0.39, 0.29) is 12.3 Å². The number of likely N-dealkylation sites (N-methyl/N-ethyl adjacent to an activating group) is 1. The maximum atomic E-state index is 12.5. The molecule has 0 fully saturated rings. The number of hydrogen-bond acceptors (Lipinski definition) is 6. The fourth-order valence-corrected chi connectivity index (χ4v) is 2.59. The van der Waals surface area contributed by atoms with E-state index in [4.69, 9.17) is 9.26 Å². The number of aryl methyl sites for hydroxylation is 2. The van der Waals surface area contributed by atoms with Crippen molar-refractivity contribution < 1.29 is 18.8 Å². The topological polar surface area (TPSA) is 88.4 Å². The second kappa shape index (κ2) is 6.78. The molecule has 0 amide bonds. The molecule has 0 bridgehead atoms. The predicted molar refractivity (Wildman–Crippen MR) is 83.5 cm³/mol. The van der Waals surface area contributed by atoms with Crippen LogP contribution >= 0.6 is 0 Å². The van der Waals surface area contributed by atoms with E-state index in [1.54, 1.807) is 13.8 Å². The van der Waals surface area contributed by atoms with Gasteiger partial charge in [0, 0.05) is 18.3 Å². The lowest BCUT2D eigenvalue weighted by Gasteiger charge is -2.13. The van der Waals surface area contributed by atoms with E-state index in [9.17, 15) is 9.59 Å². The van der Waals surface area contributed by atoms with Gasteiger partial charge in [0.25, 0.3) is 0 Å². The summed E-state index contributed by atoms with van der Waals surface area (Å²) in [6.07, 6.45) is 0. The van der Waals surface area contributed by atoms with Crippen molar-refractivity contribution >= 4 is 11.8 Å². The summed E-state index contributed by atoms with van der Waals surface area (Å²) >= 11 is 0. The normalized spacial score (nSPS) is 11.0. The van der Waals surface area contributed by atoms with Gasteiger partial charge in [-0.25, -0.2) is 4.79 Å². The minimum absolute atomic E-state index is 0.0940. The van der Waals surface area contributed by atoms with Crippen LogP contribution in [-0.2, 0) is 11.3 Å². The van der Waals surface area contributed by atoms with Gasteiger partial charge in [-0.1, -0.05) is 5.16 Å². The molecular formula is C16H21N3O4. The monoisotopic (exact) mass is 319 g/mol. The van der Waals surface area contributed by atoms with Gasteiger partial charge in [0.15, 0.2) is 5.78 Å². The van der Waals surface area contributed by atoms with Gasteiger partial charge in [-0.3, -0.25) is 9.69 Å². The van der Waals surface area contributed by atoms with Crippen molar-refractivity contribution in [2.45, 2.75) is 27.3 Å². The van der Waals surface area contributed by atoms with Gasteiger partial charge < -0.3 is 14.2 Å². The summed E-state index contributed by atoms with van der Waals surface area (Å²) < 4.78 is 9.77. The highest BCUT2D eigenvalue weighted by Gasteiger charge is 2.23. The molecule has 0 aliphatic heterocycles. The van der Waals surface area contributed by atoms with Crippen LogP contribution < -0.4 is 0 Å². The Hall–Kier alpha value is -2.41. The Kier molecular flexibility index (Phi) is 5.00. The lowest BCUT2D eigenvalue weighted by molar-refractivity contribution is 0.0599. The molecule has 0 spiro atoms. The maximum Gasteiger partial charge on any atom is 0.339 e. The Morgan fingerprint density at radius 1 is 1.35 bits per heavy atom. The molecule has 0 unspecified atom stereocenters. The number of nitrogens with zero attached hydrogens (tertiary/aromatic N) is 2. The van der Waals surface area contributed by atoms with Gasteiger partial charge in [0.2, 0.25) is 0 Å². The van der Waals surface area contributed by atoms with Crippen molar-refractivity contribution in [3.8, 4) is 0 Å². The first-order chi connectivity index (χ1) is 10.8. The molecule has 0 saturated heterocycles. The van der Waals surface area contributed by atoms with Crippen LogP contribution in [0.25, 0.3) is 0 Å². The second-order valence-electron chi connectivity index (χ2n) is 5.64. The summed E-state index contributed by atoms with van der Waals surface area (Å²) in [6, 6.07) is 1.83. The number of aromatic nitrogens is 2. The predicted octanol–water partition coefficient (Wildman–Crippen LogP) is 2.03. The van der Waals surface area contributed by atoms with E-state index in [0.29, 0.717) is 29.1 Å². The van der Waals surface area contributed by atoms with E-state index in [1.807, 2.05) is 24.9 Å². The Bertz CT molecular complexity index is 730. The summed E-state index contributed by atoms with van der Waals surface area (Å²) in [5, 5.41) is 3.91. The van der Waals surface area contributed by atoms with Gasteiger partial charge in [-0.05, 0) is 33.4 Å². The number of rotatable bonds is 6. The van der Waals surface area contributed by atoms with Crippen LogP contribution in [0.2, 0.25) is 0 Å². The van der Waals surface area contributed by atoms with Crippen LogP contribution in [0.4, 0.5) is 0 Å². The van der Waals surface area contributed by atoms with Crippen LogP contribution in [0.3, 0.4) is 0 Å². The molecule has 0 saturated carbocycles. The smallest absolute Gasteiger partial charge is 0.339 e. The van der Waals surface area contributed by atoms with Crippen molar-refractivity contribution in [1.82, 2.24) is 15.0 Å². The van der Waals surface area contributed by atoms with Gasteiger partial charge in [0.05, 0.1) is 30.6 Å². The van der Waals surface area contributed by atoms with E-state index in [2.05, 4.69) is 10.1 Å². The van der Waals surface area contributed by atoms with Gasteiger partial charge in [0.1, 0.15) is 5.76 Å². The average Bonchev–Trinajstić information content (AvgIpc) is 3.01. The second-order valence-corrected chi connectivity index (χ2v) is 5.64. The zero-order valence-corrected chi connectivity index (χ0v) is 14.0. The zero-order chi connectivity index (χ0) is 17.1. The third-order valence-corrected chi connectivity index (χ3v) is 3.63. The molecule has 0 radical (unpaired) electrons. The minimum atomic E-state index is -0.443. The fraction of sp³-hybridized carbons (Fsp3) is 0.438. The number of H-pyrrole nitrogens is 1. The van der Waals surface area contributed by atoms with Crippen LogP contribution in [0.5, 0.6) is 0 Å². The number of aromatic amines is 1. The molecular weight excluding hydrogens is 298 g/mol. The van der Waals surface area contributed by atoms with Gasteiger partial charge in [-0.2, -0.15) is 0 Å². The standard InChI is InChI=1S/C16H21N3O4/c1-9-6-12(18-23-9)7-19(4)8-13(20)15-10(2)14(11(3)17-15)16(21)22-5/h6,17H,7-8H2,1-5H3. The van der Waals surface area contributed by atoms with Crippen molar-refractivity contribution in [2.24, 2.45) is 0 Å². The first-order valence-corrected chi connectivity index (χ1v) is 7.25. The number of carbonyl (C=O) groups excluding carboxylic acids is 2. The summed E-state index contributed by atoms with van der Waals surface area (Å²) in [7, 11) is 3.15. The highest BCUT2D eigenvalue weighted by molar-refractivity contribution is 6.02. The highest BCUT2D eigenvalue weighted by Crippen LogP contribution is 2.19. The summed E-state index contributed by atoms with van der Waals surface area (Å²) in [6.45, 7) is 6.02. The Balaban J connectivity index is 2.10. The fourth-order valence-electron chi connectivity index (χ4n) is 2.59. The van der Waals surface area contributed by atoms with Crippen molar-refractivity contribution in [1.29, 1.82) is 0 Å². The quantitative estimate of drug-likeness (QED) is 0.647. The molecule has 7 nitrogen and oxygen atoms in total. The molecule has 2 heterocycles. The molecule has 0 atom stereocenters. The van der Waals surface area contributed by atoms with Crippen LogP contribution in [0.15, 0.2) is 10.6 Å². The molecule has 2 aromatic rings. The van der Waals surface area contributed by atoms with E-state index in [1.165, 1.54) is 7.11 Å². The molecule has 7 heteroatoms. The lowest BCUT2D eigenvalue weighted by Crippen LogP contribution is -2.26. The van der Waals surface area contributed by atoms with E-state index in [0.717, 1.165) is 11.5 Å². The number of ether oxygens (including phenoxy) is 1. The first-order valence-electron chi connectivity index (χ1n) is 7.25. The number of esters is 1. The zero-order valence-electron chi connectivity index (χ0n) is 14.0. The summed E-state index contributed by atoms with van der Waals surface area (Å²) in [4.78, 5) is 29.1. The van der Waals surface area contributed by atoms with Crippen LogP contribution in [0, 0.1) is 20.8 Å².